The summed E-state index contributed by atoms with van der Waals surface area (Å²) in [5.74, 6) is -0.395. The number of fused-ring (bicyclic) bond motifs is 1. The molecular formula is C18H19NO7. The standard InChI is InChI=1S/C18H19NO7/c1-9-5-12(20)16(22)17(26-9)11(8-15(19)21)10-6-13(23-2)18-14(7-10)24-3-4-25-18/h5-7,11,22H,3-4,8H2,1-2H3,(H2,19,21)/t11-/m1/s1. The van der Waals surface area contributed by atoms with Gasteiger partial charge in [0.25, 0.3) is 0 Å². The minimum atomic E-state index is -0.787. The molecule has 0 aliphatic carbocycles. The van der Waals surface area contributed by atoms with Crippen molar-refractivity contribution >= 4 is 5.91 Å². The summed E-state index contributed by atoms with van der Waals surface area (Å²) in [6.45, 7) is 2.34. The Hall–Kier alpha value is -3.16. The number of carbonyl (C=O) groups is 1. The van der Waals surface area contributed by atoms with E-state index in [2.05, 4.69) is 0 Å². The van der Waals surface area contributed by atoms with Gasteiger partial charge in [-0.2, -0.15) is 0 Å². The highest BCUT2D eigenvalue weighted by molar-refractivity contribution is 5.75. The predicted octanol–water partition coefficient (Wildman–Crippen LogP) is 1.44. The summed E-state index contributed by atoms with van der Waals surface area (Å²) >= 11 is 0. The summed E-state index contributed by atoms with van der Waals surface area (Å²) < 4.78 is 22.1. The Kier molecular flexibility index (Phi) is 4.75. The van der Waals surface area contributed by atoms with Crippen LogP contribution in [0.2, 0.25) is 0 Å². The third-order valence-electron chi connectivity index (χ3n) is 4.05. The highest BCUT2D eigenvalue weighted by Gasteiger charge is 2.28. The van der Waals surface area contributed by atoms with Crippen LogP contribution in [0.4, 0.5) is 0 Å². The van der Waals surface area contributed by atoms with Crippen LogP contribution in [-0.2, 0) is 4.79 Å². The van der Waals surface area contributed by atoms with Crippen LogP contribution < -0.4 is 25.4 Å². The van der Waals surface area contributed by atoms with Crippen molar-refractivity contribution in [3.63, 3.8) is 0 Å². The average molecular weight is 361 g/mol. The van der Waals surface area contributed by atoms with E-state index in [0.29, 0.717) is 41.8 Å². The molecule has 138 valence electrons. The van der Waals surface area contributed by atoms with E-state index in [1.165, 1.54) is 13.2 Å². The monoisotopic (exact) mass is 361 g/mol. The molecule has 8 heteroatoms. The lowest BCUT2D eigenvalue weighted by Gasteiger charge is -2.24. The second-order valence-electron chi connectivity index (χ2n) is 5.90. The molecule has 3 rings (SSSR count). The van der Waals surface area contributed by atoms with Crippen LogP contribution in [0.5, 0.6) is 23.0 Å². The summed E-state index contributed by atoms with van der Waals surface area (Å²) in [6.07, 6.45) is -0.178. The van der Waals surface area contributed by atoms with Crippen molar-refractivity contribution in [2.45, 2.75) is 19.3 Å². The number of hydrogen-bond donors (Lipinski definition) is 2. The van der Waals surface area contributed by atoms with Gasteiger partial charge in [0.15, 0.2) is 17.3 Å². The molecule has 1 aromatic carbocycles. The van der Waals surface area contributed by atoms with Crippen LogP contribution in [-0.4, -0.2) is 31.3 Å². The van der Waals surface area contributed by atoms with E-state index in [-0.39, 0.29) is 12.2 Å². The van der Waals surface area contributed by atoms with E-state index in [1.807, 2.05) is 0 Å². The Morgan fingerprint density at radius 1 is 1.31 bits per heavy atom. The number of aromatic hydroxyl groups is 1. The molecule has 1 atom stereocenters. The summed E-state index contributed by atoms with van der Waals surface area (Å²) in [6, 6.07) is 4.47. The molecule has 0 bridgehead atoms. The van der Waals surface area contributed by atoms with Crippen LogP contribution >= 0.6 is 0 Å². The number of aryl methyl sites for hydroxylation is 1. The number of hydrogen-bond acceptors (Lipinski definition) is 7. The van der Waals surface area contributed by atoms with Crippen LogP contribution in [0, 0.1) is 6.92 Å². The first-order valence-corrected chi connectivity index (χ1v) is 8.00. The number of carbonyl (C=O) groups excluding carboxylic acids is 1. The first kappa shape index (κ1) is 17.7. The number of benzene rings is 1. The van der Waals surface area contributed by atoms with Gasteiger partial charge in [-0.1, -0.05) is 0 Å². The fraction of sp³-hybridized carbons (Fsp3) is 0.333. The third kappa shape index (κ3) is 3.30. The molecule has 2 aromatic rings. The maximum atomic E-state index is 11.9. The van der Waals surface area contributed by atoms with Crippen molar-refractivity contribution in [2.75, 3.05) is 20.3 Å². The zero-order chi connectivity index (χ0) is 18.8. The van der Waals surface area contributed by atoms with Crippen molar-refractivity contribution in [3.05, 3.63) is 45.5 Å². The second-order valence-corrected chi connectivity index (χ2v) is 5.90. The molecule has 2 heterocycles. The highest BCUT2D eigenvalue weighted by atomic mass is 16.6. The zero-order valence-electron chi connectivity index (χ0n) is 14.4. The van der Waals surface area contributed by atoms with Gasteiger partial charge in [0.1, 0.15) is 19.0 Å². The minimum absolute atomic E-state index is 0.0347. The van der Waals surface area contributed by atoms with Crippen molar-refractivity contribution in [1.82, 2.24) is 0 Å². The Bertz CT molecular complexity index is 886. The van der Waals surface area contributed by atoms with Gasteiger partial charge in [0.2, 0.25) is 22.8 Å². The number of primary amides is 1. The van der Waals surface area contributed by atoms with Crippen molar-refractivity contribution in [2.24, 2.45) is 5.73 Å². The molecule has 0 fully saturated rings. The fourth-order valence-electron chi connectivity index (χ4n) is 2.92. The number of amides is 1. The smallest absolute Gasteiger partial charge is 0.227 e. The molecule has 3 N–H and O–H groups in total. The number of rotatable bonds is 5. The molecule has 0 unspecified atom stereocenters. The van der Waals surface area contributed by atoms with E-state index in [0.717, 1.165) is 0 Å². The fourth-order valence-corrected chi connectivity index (χ4v) is 2.92. The van der Waals surface area contributed by atoms with Gasteiger partial charge >= 0.3 is 0 Å². The van der Waals surface area contributed by atoms with Gasteiger partial charge in [0.05, 0.1) is 13.0 Å². The lowest BCUT2D eigenvalue weighted by molar-refractivity contribution is -0.118. The first-order chi connectivity index (χ1) is 12.4. The van der Waals surface area contributed by atoms with Crippen LogP contribution in [0.25, 0.3) is 0 Å². The summed E-state index contributed by atoms with van der Waals surface area (Å²) in [5.41, 5.74) is 5.32. The summed E-state index contributed by atoms with van der Waals surface area (Å²) in [7, 11) is 1.48. The van der Waals surface area contributed by atoms with Gasteiger partial charge in [-0.05, 0) is 24.6 Å². The summed E-state index contributed by atoms with van der Waals surface area (Å²) in [4.78, 5) is 23.6. The van der Waals surface area contributed by atoms with E-state index in [4.69, 9.17) is 24.4 Å². The van der Waals surface area contributed by atoms with Gasteiger partial charge in [-0.25, -0.2) is 0 Å². The zero-order valence-corrected chi connectivity index (χ0v) is 14.4. The normalized spacial score (nSPS) is 13.9. The van der Waals surface area contributed by atoms with Gasteiger partial charge in [-0.15, -0.1) is 0 Å². The van der Waals surface area contributed by atoms with E-state index >= 15 is 0 Å². The average Bonchev–Trinajstić information content (AvgIpc) is 2.61. The first-order valence-electron chi connectivity index (χ1n) is 8.00. The Morgan fingerprint density at radius 2 is 2.04 bits per heavy atom. The van der Waals surface area contributed by atoms with Crippen LogP contribution in [0.15, 0.2) is 27.4 Å². The number of methoxy groups -OCH3 is 1. The molecule has 1 aromatic heterocycles. The summed E-state index contributed by atoms with van der Waals surface area (Å²) in [5, 5.41) is 10.2. The molecule has 8 nitrogen and oxygen atoms in total. The molecule has 0 spiro atoms. The molecular weight excluding hydrogens is 342 g/mol. The quantitative estimate of drug-likeness (QED) is 0.826. The molecule has 0 saturated heterocycles. The maximum Gasteiger partial charge on any atom is 0.227 e. The lowest BCUT2D eigenvalue weighted by atomic mass is 9.91. The molecule has 1 aliphatic rings. The van der Waals surface area contributed by atoms with E-state index in [1.54, 1.807) is 19.1 Å². The Balaban J connectivity index is 2.18. The van der Waals surface area contributed by atoms with E-state index < -0.39 is 23.0 Å². The van der Waals surface area contributed by atoms with Gasteiger partial charge in [0, 0.05) is 12.5 Å². The molecule has 1 amide bonds. The number of nitrogens with two attached hydrogens (primary N) is 1. The van der Waals surface area contributed by atoms with Crippen molar-refractivity contribution in [3.8, 4) is 23.0 Å². The highest BCUT2D eigenvalue weighted by Crippen LogP contribution is 2.44. The van der Waals surface area contributed by atoms with Gasteiger partial charge in [-0.3, -0.25) is 9.59 Å². The molecule has 0 saturated carbocycles. The lowest BCUT2D eigenvalue weighted by Crippen LogP contribution is -2.19. The second kappa shape index (κ2) is 6.99. The molecule has 0 radical (unpaired) electrons. The topological polar surface area (TPSA) is 121 Å². The minimum Gasteiger partial charge on any atom is -0.502 e. The Morgan fingerprint density at radius 3 is 2.73 bits per heavy atom. The van der Waals surface area contributed by atoms with Crippen LogP contribution in [0.3, 0.4) is 0 Å². The largest absolute Gasteiger partial charge is 0.502 e. The molecule has 1 aliphatic heterocycles. The SMILES string of the molecule is COc1cc([C@@H](CC(N)=O)c2oc(C)cc(=O)c2O)cc2c1OCCO2. The van der Waals surface area contributed by atoms with Crippen molar-refractivity contribution in [1.29, 1.82) is 0 Å². The number of ether oxygens (including phenoxy) is 3. The maximum absolute atomic E-state index is 11.9. The van der Waals surface area contributed by atoms with Gasteiger partial charge < -0.3 is 29.5 Å². The molecule has 26 heavy (non-hydrogen) atoms. The predicted molar refractivity (Wildman–Crippen MR) is 91.0 cm³/mol. The van der Waals surface area contributed by atoms with Crippen molar-refractivity contribution < 1.29 is 28.5 Å². The third-order valence-corrected chi connectivity index (χ3v) is 4.05. The van der Waals surface area contributed by atoms with E-state index in [9.17, 15) is 14.7 Å². The van der Waals surface area contributed by atoms with Crippen LogP contribution in [0.1, 0.15) is 29.4 Å². The Labute approximate surface area is 149 Å².